The van der Waals surface area contributed by atoms with Crippen molar-refractivity contribution >= 4 is 71.5 Å². The molecule has 4 heterocycles. The molecule has 7 aromatic rings. The first kappa shape index (κ1) is 23.3. The number of pyridine rings is 3. The Morgan fingerprint density at radius 2 is 1.41 bits per heavy atom. The minimum Gasteiger partial charge on any atom is -0.320 e. The Bertz CT molecular complexity index is 2090. The molecule has 0 fully saturated rings. The van der Waals surface area contributed by atoms with Crippen molar-refractivity contribution < 1.29 is 9.59 Å². The van der Waals surface area contributed by atoms with E-state index in [0.29, 0.717) is 33.5 Å². The molecule has 0 aliphatic carbocycles. The van der Waals surface area contributed by atoms with Crippen LogP contribution in [0.5, 0.6) is 0 Å². The van der Waals surface area contributed by atoms with Gasteiger partial charge in [-0.3, -0.25) is 19.6 Å². The molecule has 0 aliphatic heterocycles. The molecule has 7 rings (SSSR count). The van der Waals surface area contributed by atoms with E-state index >= 15 is 0 Å². The van der Waals surface area contributed by atoms with Crippen LogP contribution in [0, 0.1) is 0 Å². The number of carbonyl (C=O) groups excluding carboxylic acids is 2. The number of para-hydroxylation sites is 1. The van der Waals surface area contributed by atoms with E-state index in [1.54, 1.807) is 30.6 Å². The predicted molar refractivity (Wildman–Crippen MR) is 157 cm³/mol. The van der Waals surface area contributed by atoms with Crippen molar-refractivity contribution in [3.63, 3.8) is 0 Å². The minimum absolute atomic E-state index is 0.183. The summed E-state index contributed by atoms with van der Waals surface area (Å²) in [5.41, 5.74) is 4.88. The summed E-state index contributed by atoms with van der Waals surface area (Å²) in [5.74, 6) is -0.504. The first-order valence-corrected chi connectivity index (χ1v) is 13.1. The summed E-state index contributed by atoms with van der Waals surface area (Å²) in [4.78, 5) is 36.7. The molecule has 0 unspecified atom stereocenters. The van der Waals surface area contributed by atoms with E-state index in [9.17, 15) is 9.59 Å². The predicted octanol–water partition coefficient (Wildman–Crippen LogP) is 7.43. The standard InChI is InChI=1S/C32H19BrN4O2/c33-22-11-8-21(9-12-22)31(38)28-18-24(32(39)36-25-7-1-4-19-5-2-17-35-30(19)25)27-15-13-23-26(37(27)28)14-10-20-6-3-16-34-29(20)23/h1-18H,(H,36,39). The molecule has 39 heavy (non-hydrogen) atoms. The summed E-state index contributed by atoms with van der Waals surface area (Å²) in [6.07, 6.45) is 3.46. The third kappa shape index (κ3) is 3.86. The number of halogens is 1. The van der Waals surface area contributed by atoms with Gasteiger partial charge in [0.2, 0.25) is 5.78 Å². The monoisotopic (exact) mass is 570 g/mol. The quantitative estimate of drug-likeness (QED) is 0.176. The molecular weight excluding hydrogens is 552 g/mol. The number of hydrogen-bond donors (Lipinski definition) is 1. The van der Waals surface area contributed by atoms with Gasteiger partial charge in [0.15, 0.2) is 0 Å². The van der Waals surface area contributed by atoms with Crippen LogP contribution in [0.2, 0.25) is 0 Å². The van der Waals surface area contributed by atoms with Crippen LogP contribution >= 0.6 is 15.9 Å². The van der Waals surface area contributed by atoms with E-state index in [0.717, 1.165) is 31.7 Å². The van der Waals surface area contributed by atoms with Crippen LogP contribution in [-0.2, 0) is 0 Å². The van der Waals surface area contributed by atoms with Gasteiger partial charge in [-0.2, -0.15) is 0 Å². The first-order valence-electron chi connectivity index (χ1n) is 12.4. The summed E-state index contributed by atoms with van der Waals surface area (Å²) in [6, 6.07) is 30.1. The molecule has 0 atom stereocenters. The summed E-state index contributed by atoms with van der Waals surface area (Å²) in [6.45, 7) is 0. The molecule has 4 aromatic heterocycles. The van der Waals surface area contributed by atoms with Crippen LogP contribution in [0.4, 0.5) is 5.69 Å². The minimum atomic E-state index is -0.321. The number of ketones is 1. The molecule has 0 radical (unpaired) electrons. The second-order valence-corrected chi connectivity index (χ2v) is 10.2. The van der Waals surface area contributed by atoms with Gasteiger partial charge in [-0.1, -0.05) is 46.3 Å². The zero-order valence-corrected chi connectivity index (χ0v) is 22.0. The lowest BCUT2D eigenvalue weighted by Gasteiger charge is -2.10. The Morgan fingerprint density at radius 1 is 0.718 bits per heavy atom. The summed E-state index contributed by atoms with van der Waals surface area (Å²) < 4.78 is 2.75. The van der Waals surface area contributed by atoms with Gasteiger partial charge in [0, 0.05) is 38.6 Å². The molecule has 186 valence electrons. The van der Waals surface area contributed by atoms with Crippen LogP contribution in [0.1, 0.15) is 26.4 Å². The zero-order chi connectivity index (χ0) is 26.5. The van der Waals surface area contributed by atoms with Gasteiger partial charge in [0.1, 0.15) is 0 Å². The topological polar surface area (TPSA) is 76.4 Å². The van der Waals surface area contributed by atoms with E-state index in [2.05, 4.69) is 31.2 Å². The van der Waals surface area contributed by atoms with E-state index in [1.807, 2.05) is 83.3 Å². The number of hydrogen-bond acceptors (Lipinski definition) is 4. The van der Waals surface area contributed by atoms with Crippen LogP contribution in [0.25, 0.3) is 38.2 Å². The van der Waals surface area contributed by atoms with Crippen molar-refractivity contribution in [3.05, 3.63) is 131 Å². The van der Waals surface area contributed by atoms with Crippen LogP contribution in [0.3, 0.4) is 0 Å². The van der Waals surface area contributed by atoms with Gasteiger partial charge in [-0.05, 0) is 66.7 Å². The van der Waals surface area contributed by atoms with E-state index in [4.69, 9.17) is 0 Å². The fraction of sp³-hybridized carbons (Fsp3) is 0. The number of rotatable bonds is 4. The van der Waals surface area contributed by atoms with Gasteiger partial charge < -0.3 is 9.72 Å². The second kappa shape index (κ2) is 9.15. The highest BCUT2D eigenvalue weighted by Gasteiger charge is 2.23. The third-order valence-electron chi connectivity index (χ3n) is 6.94. The number of fused-ring (bicyclic) bond motifs is 6. The molecule has 7 heteroatoms. The zero-order valence-electron chi connectivity index (χ0n) is 20.4. The van der Waals surface area contributed by atoms with Gasteiger partial charge in [-0.15, -0.1) is 0 Å². The highest BCUT2D eigenvalue weighted by atomic mass is 79.9. The third-order valence-corrected chi connectivity index (χ3v) is 7.47. The Morgan fingerprint density at radius 3 is 2.21 bits per heavy atom. The second-order valence-electron chi connectivity index (χ2n) is 9.24. The van der Waals surface area contributed by atoms with Gasteiger partial charge in [-0.25, -0.2) is 0 Å². The summed E-state index contributed by atoms with van der Waals surface area (Å²) in [5, 5.41) is 5.84. The van der Waals surface area contributed by atoms with Crippen LogP contribution in [0.15, 0.2) is 114 Å². The maximum Gasteiger partial charge on any atom is 0.257 e. The number of nitrogens with one attached hydrogen (secondary N) is 1. The Balaban J connectivity index is 1.45. The van der Waals surface area contributed by atoms with Gasteiger partial charge in [0.25, 0.3) is 5.91 Å². The van der Waals surface area contributed by atoms with Crippen LogP contribution in [-0.4, -0.2) is 26.1 Å². The Labute approximate surface area is 231 Å². The fourth-order valence-corrected chi connectivity index (χ4v) is 5.39. The smallest absolute Gasteiger partial charge is 0.257 e. The molecule has 0 aliphatic rings. The molecule has 0 bridgehead atoms. The highest BCUT2D eigenvalue weighted by molar-refractivity contribution is 9.10. The molecule has 1 amide bonds. The van der Waals surface area contributed by atoms with Crippen molar-refractivity contribution in [1.29, 1.82) is 0 Å². The molecule has 6 nitrogen and oxygen atoms in total. The number of anilines is 1. The highest BCUT2D eigenvalue weighted by Crippen LogP contribution is 2.31. The average molecular weight is 571 g/mol. The van der Waals surface area contributed by atoms with Crippen molar-refractivity contribution in [2.75, 3.05) is 5.32 Å². The number of nitrogens with zero attached hydrogens (tertiary/aromatic N) is 3. The number of aromatic nitrogens is 3. The number of amides is 1. The lowest BCUT2D eigenvalue weighted by Crippen LogP contribution is -2.12. The summed E-state index contributed by atoms with van der Waals surface area (Å²) >= 11 is 3.44. The SMILES string of the molecule is O=C(Nc1cccc2cccnc12)c1cc(C(=O)c2ccc(Br)cc2)n2c1ccc1c3ncccc3ccc12. The van der Waals surface area contributed by atoms with E-state index < -0.39 is 0 Å². The molecule has 0 saturated heterocycles. The van der Waals surface area contributed by atoms with Crippen molar-refractivity contribution in [1.82, 2.24) is 14.4 Å². The Hall–Kier alpha value is -4.88. The largest absolute Gasteiger partial charge is 0.320 e. The van der Waals surface area contributed by atoms with Gasteiger partial charge >= 0.3 is 0 Å². The Kier molecular flexibility index (Phi) is 5.45. The average Bonchev–Trinajstić information content (AvgIpc) is 3.37. The van der Waals surface area contributed by atoms with Crippen molar-refractivity contribution in [3.8, 4) is 0 Å². The summed E-state index contributed by atoms with van der Waals surface area (Å²) in [7, 11) is 0. The molecule has 1 N–H and O–H groups in total. The maximum absolute atomic E-state index is 13.9. The molecule has 3 aromatic carbocycles. The lowest BCUT2D eigenvalue weighted by atomic mass is 10.1. The lowest BCUT2D eigenvalue weighted by molar-refractivity contribution is 0.102. The van der Waals surface area contributed by atoms with Crippen molar-refractivity contribution in [2.24, 2.45) is 0 Å². The van der Waals surface area contributed by atoms with Crippen molar-refractivity contribution in [2.45, 2.75) is 0 Å². The number of carbonyl (C=O) groups is 2. The maximum atomic E-state index is 13.9. The normalized spacial score (nSPS) is 11.4. The van der Waals surface area contributed by atoms with Crippen LogP contribution < -0.4 is 5.32 Å². The van der Waals surface area contributed by atoms with E-state index in [-0.39, 0.29) is 11.7 Å². The first-order chi connectivity index (χ1) is 19.1. The molecule has 0 spiro atoms. The fourth-order valence-electron chi connectivity index (χ4n) is 5.12. The molecular formula is C32H19BrN4O2. The van der Waals surface area contributed by atoms with E-state index in [1.165, 1.54) is 0 Å². The number of benzene rings is 3. The molecule has 0 saturated carbocycles. The van der Waals surface area contributed by atoms with Gasteiger partial charge in [0.05, 0.1) is 39.0 Å².